The molecule has 6 nitrogen and oxygen atoms in total. The van der Waals surface area contributed by atoms with Crippen molar-refractivity contribution in [1.29, 1.82) is 0 Å². The van der Waals surface area contributed by atoms with E-state index in [1.54, 1.807) is 19.9 Å². The van der Waals surface area contributed by atoms with Crippen molar-refractivity contribution in [1.82, 2.24) is 4.57 Å². The second-order valence-corrected chi connectivity index (χ2v) is 7.26. The molecule has 0 radical (unpaired) electrons. The summed E-state index contributed by atoms with van der Waals surface area (Å²) in [5, 5.41) is 11.1. The van der Waals surface area contributed by atoms with Crippen LogP contribution in [0.5, 0.6) is 5.75 Å². The maximum absolute atomic E-state index is 13.3. The van der Waals surface area contributed by atoms with E-state index in [1.807, 2.05) is 35.9 Å². The Labute approximate surface area is 172 Å². The molecular weight excluding hydrogens is 382 g/mol. The summed E-state index contributed by atoms with van der Waals surface area (Å²) < 4.78 is 7.68. The molecule has 0 bridgehead atoms. The largest absolute Gasteiger partial charge is 0.478 e. The minimum absolute atomic E-state index is 0.128. The molecule has 3 aromatic rings. The smallest absolute Gasteiger partial charge is 0.382 e. The van der Waals surface area contributed by atoms with E-state index < -0.39 is 11.9 Å². The fourth-order valence-electron chi connectivity index (χ4n) is 3.86. The standard InChI is InChI=1S/C24H18NO5/c1-13-10-15(23(27)28)11-14(2)22(13)30-24(29)21-17-6-4-5-7-19(17)25(3)20-9-8-16(26)12-18(20)21/h4-12H,1-3H3/q+1/p+1. The number of hydrogen-bond donors (Lipinski definition) is 1. The topological polar surface area (TPSA) is 85.6 Å². The number of esters is 1. The van der Waals surface area contributed by atoms with Gasteiger partial charge in [-0.25, -0.2) is 9.59 Å². The number of carboxylic acid groups (broad SMARTS) is 1. The second-order valence-electron chi connectivity index (χ2n) is 7.26. The van der Waals surface area contributed by atoms with E-state index in [1.165, 1.54) is 24.6 Å². The van der Waals surface area contributed by atoms with Gasteiger partial charge in [0.25, 0.3) is 5.78 Å². The molecule has 0 aliphatic heterocycles. The van der Waals surface area contributed by atoms with Gasteiger partial charge >= 0.3 is 11.9 Å². The summed E-state index contributed by atoms with van der Waals surface area (Å²) in [6.07, 6.45) is 4.59. The van der Waals surface area contributed by atoms with Crippen molar-refractivity contribution in [2.75, 3.05) is 0 Å². The highest BCUT2D eigenvalue weighted by molar-refractivity contribution is 6.17. The summed E-state index contributed by atoms with van der Waals surface area (Å²) in [5.41, 5.74) is 2.34. The molecule has 1 aliphatic rings. The van der Waals surface area contributed by atoms with Gasteiger partial charge in [-0.15, -0.1) is 0 Å². The van der Waals surface area contributed by atoms with Crippen LogP contribution in [0, 0.1) is 20.3 Å². The third-order valence-electron chi connectivity index (χ3n) is 5.24. The quantitative estimate of drug-likeness (QED) is 0.414. The van der Waals surface area contributed by atoms with E-state index in [-0.39, 0.29) is 11.3 Å². The van der Waals surface area contributed by atoms with Crippen LogP contribution in [-0.2, 0) is 11.8 Å². The van der Waals surface area contributed by atoms with Gasteiger partial charge in [-0.05, 0) is 55.3 Å². The Morgan fingerprint density at radius 3 is 2.47 bits per heavy atom. The Morgan fingerprint density at radius 2 is 1.80 bits per heavy atom. The first-order valence-electron chi connectivity index (χ1n) is 9.36. The minimum Gasteiger partial charge on any atom is -0.478 e. The molecule has 0 saturated carbocycles. The summed E-state index contributed by atoms with van der Waals surface area (Å²) in [5.74, 6) is -1.54. The molecular formula is C24H19NO5+2. The zero-order valence-electron chi connectivity index (χ0n) is 16.7. The highest BCUT2D eigenvalue weighted by Crippen LogP contribution is 2.26. The molecule has 0 spiro atoms. The van der Waals surface area contributed by atoms with Crippen molar-refractivity contribution in [3.8, 4) is 5.75 Å². The second kappa shape index (κ2) is 7.15. The summed E-state index contributed by atoms with van der Waals surface area (Å²) >= 11 is 0. The van der Waals surface area contributed by atoms with Crippen molar-refractivity contribution < 1.29 is 24.2 Å². The van der Waals surface area contributed by atoms with E-state index in [0.717, 1.165) is 10.9 Å². The van der Waals surface area contributed by atoms with Crippen LogP contribution in [0.1, 0.15) is 31.8 Å². The van der Waals surface area contributed by atoms with Gasteiger partial charge in [0.1, 0.15) is 22.7 Å². The van der Waals surface area contributed by atoms with Gasteiger partial charge in [0, 0.05) is 13.1 Å². The maximum atomic E-state index is 13.3. The molecule has 0 fully saturated rings. The van der Waals surface area contributed by atoms with Crippen LogP contribution < -0.4 is 15.3 Å². The number of carbonyl (C=O) groups excluding carboxylic acids is 2. The van der Waals surface area contributed by atoms with Gasteiger partial charge in [-0.3, -0.25) is 9.36 Å². The predicted molar refractivity (Wildman–Crippen MR) is 113 cm³/mol. The van der Waals surface area contributed by atoms with E-state index in [2.05, 4.69) is 0 Å². The number of para-hydroxylation sites is 1. The average molecular weight is 401 g/mol. The van der Waals surface area contributed by atoms with Crippen LogP contribution in [0.4, 0.5) is 0 Å². The average Bonchev–Trinajstić information content (AvgIpc) is 2.70. The van der Waals surface area contributed by atoms with E-state index >= 15 is 0 Å². The first kappa shape index (κ1) is 19.4. The van der Waals surface area contributed by atoms with Crippen LogP contribution >= 0.6 is 0 Å². The molecule has 1 aliphatic carbocycles. The van der Waals surface area contributed by atoms with Gasteiger partial charge in [0.15, 0.2) is 16.1 Å². The number of ether oxygens (including phenoxy) is 1. The highest BCUT2D eigenvalue weighted by atomic mass is 16.5. The number of nitrogens with zero attached hydrogens (tertiary/aromatic N) is 1. The number of rotatable bonds is 3. The number of carbonyl (C=O) groups is 3. The third kappa shape index (κ3) is 3.12. The molecule has 148 valence electrons. The first-order valence-corrected chi connectivity index (χ1v) is 9.36. The van der Waals surface area contributed by atoms with E-state index in [4.69, 9.17) is 4.74 Å². The molecule has 0 unspecified atom stereocenters. The Bertz CT molecular complexity index is 1360. The lowest BCUT2D eigenvalue weighted by molar-refractivity contribution is -0.110. The number of carboxylic acids is 1. The molecule has 0 amide bonds. The zero-order chi connectivity index (χ0) is 21.6. The van der Waals surface area contributed by atoms with Crippen LogP contribution in [-0.4, -0.2) is 27.4 Å². The molecule has 0 atom stereocenters. The predicted octanol–water partition coefficient (Wildman–Crippen LogP) is 2.34. The highest BCUT2D eigenvalue weighted by Gasteiger charge is 2.28. The van der Waals surface area contributed by atoms with Crippen molar-refractivity contribution >= 4 is 40.8 Å². The molecule has 1 N–H and O–H groups in total. The Balaban J connectivity index is 1.93. The summed E-state index contributed by atoms with van der Waals surface area (Å²) in [6.45, 7) is 3.39. The van der Waals surface area contributed by atoms with Crippen LogP contribution in [0.25, 0.3) is 23.1 Å². The third-order valence-corrected chi connectivity index (χ3v) is 5.24. The minimum atomic E-state index is -1.05. The SMILES string of the molecule is Cc1cc(C(=O)O)cc(C)c1OC(=O)[c+]1c2c(n(C)c3ccccc31)=C[CH+]C(=O)C=2. The number of pyridine rings is 1. The normalized spacial score (nSPS) is 12.4. The van der Waals surface area contributed by atoms with Gasteiger partial charge in [0.05, 0.1) is 18.1 Å². The lowest BCUT2D eigenvalue weighted by atomic mass is 10.0. The monoisotopic (exact) mass is 401 g/mol. The number of aromatic carboxylic acids is 1. The first-order chi connectivity index (χ1) is 14.3. The van der Waals surface area contributed by atoms with Crippen molar-refractivity contribution in [2.24, 2.45) is 7.05 Å². The van der Waals surface area contributed by atoms with Crippen LogP contribution in [0.3, 0.4) is 0 Å². The molecule has 2 aromatic carbocycles. The lowest BCUT2D eigenvalue weighted by Crippen LogP contribution is -2.42. The lowest BCUT2D eigenvalue weighted by Gasteiger charge is -2.12. The van der Waals surface area contributed by atoms with E-state index in [0.29, 0.717) is 33.0 Å². The van der Waals surface area contributed by atoms with Gasteiger partial charge in [0.2, 0.25) is 0 Å². The number of benzene rings is 2. The number of hydrogen-bond acceptors (Lipinski definition) is 4. The van der Waals surface area contributed by atoms with Crippen LogP contribution in [0.15, 0.2) is 36.4 Å². The molecule has 1 aromatic heterocycles. The number of aryl methyl sites for hydroxylation is 3. The molecule has 6 heteroatoms. The van der Waals surface area contributed by atoms with Crippen LogP contribution in [0.2, 0.25) is 0 Å². The Kier molecular flexibility index (Phi) is 4.62. The van der Waals surface area contributed by atoms with Gasteiger partial charge < -0.3 is 9.84 Å². The molecule has 1 heterocycles. The fourth-order valence-corrected chi connectivity index (χ4v) is 3.86. The molecule has 30 heavy (non-hydrogen) atoms. The Hall–Kier alpha value is -3.93. The fraction of sp³-hybridized carbons (Fsp3) is 0.125. The van der Waals surface area contributed by atoms with E-state index in [9.17, 15) is 19.5 Å². The van der Waals surface area contributed by atoms with Crippen molar-refractivity contribution in [3.63, 3.8) is 0 Å². The van der Waals surface area contributed by atoms with Gasteiger partial charge in [-0.1, -0.05) is 0 Å². The zero-order valence-corrected chi connectivity index (χ0v) is 16.7. The Morgan fingerprint density at radius 1 is 1.13 bits per heavy atom. The number of Topliss-reactive ketones (excluding diaryl/α,β-unsaturated/α-hetero) is 1. The summed E-state index contributed by atoms with van der Waals surface area (Å²) in [7, 11) is 1.88. The molecule has 0 saturated heterocycles. The van der Waals surface area contributed by atoms with Gasteiger partial charge in [-0.2, -0.15) is 0 Å². The summed E-state index contributed by atoms with van der Waals surface area (Å²) in [6, 6.07) is 10.4. The van der Waals surface area contributed by atoms with Crippen molar-refractivity contribution in [3.05, 3.63) is 75.6 Å². The number of ketones is 1. The number of fused-ring (bicyclic) bond motifs is 2. The van der Waals surface area contributed by atoms with Crippen molar-refractivity contribution in [2.45, 2.75) is 13.8 Å². The molecule has 4 rings (SSSR count). The maximum Gasteiger partial charge on any atom is 0.382 e. The summed E-state index contributed by atoms with van der Waals surface area (Å²) in [4.78, 5) is 36.7. The number of aromatic nitrogens is 1.